The highest BCUT2D eigenvalue weighted by Crippen LogP contribution is 2.28. The van der Waals surface area contributed by atoms with Crippen molar-refractivity contribution in [3.05, 3.63) is 42.0 Å². The third kappa shape index (κ3) is 3.73. The van der Waals surface area contributed by atoms with Crippen LogP contribution in [-0.2, 0) is 4.79 Å². The summed E-state index contributed by atoms with van der Waals surface area (Å²) >= 11 is 0. The molecule has 4 nitrogen and oxygen atoms in total. The number of likely N-dealkylation sites (N-methyl/N-ethyl adjacent to an activating group) is 1. The Kier molecular flexibility index (Phi) is 5.17. The van der Waals surface area contributed by atoms with Crippen molar-refractivity contribution in [2.45, 2.75) is 12.8 Å². The highest BCUT2D eigenvalue weighted by Gasteiger charge is 2.14. The van der Waals surface area contributed by atoms with Crippen LogP contribution in [0.15, 0.2) is 36.4 Å². The van der Waals surface area contributed by atoms with Gasteiger partial charge in [0.2, 0.25) is 5.91 Å². The van der Waals surface area contributed by atoms with Gasteiger partial charge in [-0.05, 0) is 35.5 Å². The minimum absolute atomic E-state index is 0.00563. The van der Waals surface area contributed by atoms with Crippen molar-refractivity contribution in [2.75, 3.05) is 27.2 Å². The van der Waals surface area contributed by atoms with Gasteiger partial charge in [0.25, 0.3) is 0 Å². The van der Waals surface area contributed by atoms with Crippen molar-refractivity contribution in [1.82, 2.24) is 10.6 Å². The van der Waals surface area contributed by atoms with E-state index in [9.17, 15) is 4.79 Å². The SMILES string of the molecule is CNCC(CNC(C)=O)c1cccc2ccc(OC)cc12. The van der Waals surface area contributed by atoms with E-state index in [0.717, 1.165) is 12.3 Å². The summed E-state index contributed by atoms with van der Waals surface area (Å²) in [6.07, 6.45) is 0. The molecule has 0 bridgehead atoms. The Morgan fingerprint density at radius 2 is 2.05 bits per heavy atom. The average Bonchev–Trinajstić information content (AvgIpc) is 2.50. The van der Waals surface area contributed by atoms with Crippen LogP contribution in [0.2, 0.25) is 0 Å². The maximum atomic E-state index is 11.2. The number of hydrogen-bond donors (Lipinski definition) is 2. The van der Waals surface area contributed by atoms with Crippen molar-refractivity contribution in [3.63, 3.8) is 0 Å². The van der Waals surface area contributed by atoms with Gasteiger partial charge in [0.15, 0.2) is 0 Å². The molecule has 0 radical (unpaired) electrons. The van der Waals surface area contributed by atoms with E-state index in [1.807, 2.05) is 13.1 Å². The summed E-state index contributed by atoms with van der Waals surface area (Å²) in [6.45, 7) is 2.96. The van der Waals surface area contributed by atoms with Gasteiger partial charge >= 0.3 is 0 Å². The molecule has 0 aliphatic carbocycles. The molecule has 0 saturated carbocycles. The summed E-state index contributed by atoms with van der Waals surface area (Å²) in [6, 6.07) is 12.3. The van der Waals surface area contributed by atoms with E-state index in [4.69, 9.17) is 4.74 Å². The van der Waals surface area contributed by atoms with E-state index in [-0.39, 0.29) is 11.8 Å². The second kappa shape index (κ2) is 7.09. The summed E-state index contributed by atoms with van der Waals surface area (Å²) in [5.74, 6) is 1.06. The van der Waals surface area contributed by atoms with Gasteiger partial charge in [0.1, 0.15) is 5.75 Å². The predicted molar refractivity (Wildman–Crippen MR) is 85.9 cm³/mol. The van der Waals surface area contributed by atoms with Crippen LogP contribution in [0.4, 0.5) is 0 Å². The van der Waals surface area contributed by atoms with Gasteiger partial charge in [-0.3, -0.25) is 4.79 Å². The Labute approximate surface area is 125 Å². The first-order valence-corrected chi connectivity index (χ1v) is 7.11. The van der Waals surface area contributed by atoms with Crippen LogP contribution in [0.1, 0.15) is 18.4 Å². The lowest BCUT2D eigenvalue weighted by atomic mass is 9.93. The first kappa shape index (κ1) is 15.3. The summed E-state index contributed by atoms with van der Waals surface area (Å²) in [5, 5.41) is 8.46. The molecule has 0 saturated heterocycles. The molecule has 21 heavy (non-hydrogen) atoms. The van der Waals surface area contributed by atoms with E-state index >= 15 is 0 Å². The zero-order valence-corrected chi connectivity index (χ0v) is 12.8. The van der Waals surface area contributed by atoms with Gasteiger partial charge in [-0.1, -0.05) is 24.3 Å². The molecule has 0 aliphatic heterocycles. The van der Waals surface area contributed by atoms with E-state index in [1.165, 1.54) is 16.3 Å². The number of amides is 1. The number of methoxy groups -OCH3 is 1. The van der Waals surface area contributed by atoms with Crippen LogP contribution in [0.5, 0.6) is 5.75 Å². The normalized spacial score (nSPS) is 12.1. The summed E-state index contributed by atoms with van der Waals surface area (Å²) in [7, 11) is 3.60. The summed E-state index contributed by atoms with van der Waals surface area (Å²) < 4.78 is 5.33. The summed E-state index contributed by atoms with van der Waals surface area (Å²) in [5.41, 5.74) is 1.22. The average molecular weight is 286 g/mol. The number of rotatable bonds is 6. The van der Waals surface area contributed by atoms with E-state index in [2.05, 4.69) is 41.0 Å². The molecule has 0 heterocycles. The van der Waals surface area contributed by atoms with Crippen molar-refractivity contribution >= 4 is 16.7 Å². The van der Waals surface area contributed by atoms with Crippen LogP contribution in [0, 0.1) is 0 Å². The molecular formula is C17H22N2O2. The molecule has 0 spiro atoms. The zero-order chi connectivity index (χ0) is 15.2. The first-order valence-electron chi connectivity index (χ1n) is 7.11. The number of fused-ring (bicyclic) bond motifs is 1. The number of ether oxygens (including phenoxy) is 1. The second-order valence-electron chi connectivity index (χ2n) is 5.13. The number of carbonyl (C=O) groups excluding carboxylic acids is 1. The third-order valence-corrected chi connectivity index (χ3v) is 3.61. The van der Waals surface area contributed by atoms with Crippen LogP contribution in [-0.4, -0.2) is 33.2 Å². The fraction of sp³-hybridized carbons (Fsp3) is 0.353. The van der Waals surface area contributed by atoms with Gasteiger partial charge < -0.3 is 15.4 Å². The lowest BCUT2D eigenvalue weighted by molar-refractivity contribution is -0.119. The lowest BCUT2D eigenvalue weighted by Gasteiger charge is -2.19. The Morgan fingerprint density at radius 3 is 2.71 bits per heavy atom. The molecule has 2 aromatic rings. The fourth-order valence-corrected chi connectivity index (χ4v) is 2.56. The topological polar surface area (TPSA) is 50.4 Å². The molecule has 0 aliphatic rings. The standard InChI is InChI=1S/C17H22N2O2/c1-12(20)19-11-14(10-18-2)16-6-4-5-13-7-8-15(21-3)9-17(13)16/h4-9,14,18H,10-11H2,1-3H3,(H,19,20). The molecule has 112 valence electrons. The largest absolute Gasteiger partial charge is 0.497 e. The maximum absolute atomic E-state index is 11.2. The van der Waals surface area contributed by atoms with Crippen LogP contribution >= 0.6 is 0 Å². The monoisotopic (exact) mass is 286 g/mol. The van der Waals surface area contributed by atoms with Gasteiger partial charge in [-0.25, -0.2) is 0 Å². The van der Waals surface area contributed by atoms with Crippen LogP contribution in [0.25, 0.3) is 10.8 Å². The highest BCUT2D eigenvalue weighted by atomic mass is 16.5. The van der Waals surface area contributed by atoms with E-state index in [0.29, 0.717) is 6.54 Å². The molecule has 1 atom stereocenters. The smallest absolute Gasteiger partial charge is 0.216 e. The number of nitrogens with one attached hydrogen (secondary N) is 2. The van der Waals surface area contributed by atoms with Crippen molar-refractivity contribution in [3.8, 4) is 5.75 Å². The zero-order valence-electron chi connectivity index (χ0n) is 12.8. The quantitative estimate of drug-likeness (QED) is 0.856. The van der Waals surface area contributed by atoms with Crippen LogP contribution in [0.3, 0.4) is 0 Å². The van der Waals surface area contributed by atoms with Crippen molar-refractivity contribution in [1.29, 1.82) is 0 Å². The van der Waals surface area contributed by atoms with Crippen LogP contribution < -0.4 is 15.4 Å². The van der Waals surface area contributed by atoms with E-state index < -0.39 is 0 Å². The lowest BCUT2D eigenvalue weighted by Crippen LogP contribution is -2.31. The number of hydrogen-bond acceptors (Lipinski definition) is 3. The molecule has 2 N–H and O–H groups in total. The number of carbonyl (C=O) groups is 1. The molecule has 1 unspecified atom stereocenters. The van der Waals surface area contributed by atoms with Gasteiger partial charge in [-0.15, -0.1) is 0 Å². The molecule has 2 rings (SSSR count). The van der Waals surface area contributed by atoms with Gasteiger partial charge in [0, 0.05) is 25.9 Å². The second-order valence-corrected chi connectivity index (χ2v) is 5.13. The van der Waals surface area contributed by atoms with Gasteiger partial charge in [0.05, 0.1) is 7.11 Å². The summed E-state index contributed by atoms with van der Waals surface area (Å²) in [4.78, 5) is 11.2. The molecule has 1 amide bonds. The highest BCUT2D eigenvalue weighted by molar-refractivity contribution is 5.87. The Balaban J connectivity index is 2.42. The van der Waals surface area contributed by atoms with Gasteiger partial charge in [-0.2, -0.15) is 0 Å². The molecule has 4 heteroatoms. The van der Waals surface area contributed by atoms with E-state index in [1.54, 1.807) is 14.0 Å². The Hall–Kier alpha value is -2.07. The Morgan fingerprint density at radius 1 is 1.24 bits per heavy atom. The van der Waals surface area contributed by atoms with Crippen molar-refractivity contribution in [2.24, 2.45) is 0 Å². The number of benzene rings is 2. The molecule has 2 aromatic carbocycles. The molecule has 0 aromatic heterocycles. The first-order chi connectivity index (χ1) is 10.2. The maximum Gasteiger partial charge on any atom is 0.216 e. The molecular weight excluding hydrogens is 264 g/mol. The minimum Gasteiger partial charge on any atom is -0.497 e. The van der Waals surface area contributed by atoms with Crippen molar-refractivity contribution < 1.29 is 9.53 Å². The Bertz CT molecular complexity index is 625. The fourth-order valence-electron chi connectivity index (χ4n) is 2.56. The molecule has 0 fully saturated rings. The third-order valence-electron chi connectivity index (χ3n) is 3.61. The predicted octanol–water partition coefficient (Wildman–Crippen LogP) is 2.29. The minimum atomic E-state index is -0.00563.